The molecule has 1 aromatic rings. The number of aliphatic carboxylic acids is 1. The summed E-state index contributed by atoms with van der Waals surface area (Å²) in [5.41, 5.74) is 3.45. The van der Waals surface area contributed by atoms with Gasteiger partial charge in [0, 0.05) is 5.69 Å². The van der Waals surface area contributed by atoms with Crippen molar-refractivity contribution < 1.29 is 14.7 Å². The Kier molecular flexibility index (Phi) is 4.85. The molecule has 5 heteroatoms. The molecule has 0 bridgehead atoms. The van der Waals surface area contributed by atoms with Crippen LogP contribution in [-0.4, -0.2) is 28.5 Å². The Labute approximate surface area is 116 Å². The van der Waals surface area contributed by atoms with Gasteiger partial charge in [0.25, 0.3) is 0 Å². The number of carboxylic acid groups (broad SMARTS) is 1. The lowest BCUT2D eigenvalue weighted by Gasteiger charge is -2.19. The van der Waals surface area contributed by atoms with Crippen LogP contribution in [0.5, 0.6) is 0 Å². The monoisotopic (exact) mass is 279 g/mol. The third-order valence-corrected chi connectivity index (χ3v) is 4.05. The van der Waals surface area contributed by atoms with E-state index in [1.54, 1.807) is 0 Å². The molecule has 0 aliphatic heterocycles. The summed E-state index contributed by atoms with van der Waals surface area (Å²) in [5.74, 6) is -0.892. The maximum Gasteiger partial charge on any atom is 0.313 e. The summed E-state index contributed by atoms with van der Waals surface area (Å²) in [4.78, 5) is 22.1. The first-order valence-electron chi connectivity index (χ1n) is 6.37. The molecule has 2 rings (SSSR count). The van der Waals surface area contributed by atoms with Crippen LogP contribution in [0, 0.1) is 0 Å². The normalized spacial score (nSPS) is 13.7. The average molecular weight is 279 g/mol. The Morgan fingerprint density at radius 2 is 2.00 bits per heavy atom. The van der Waals surface area contributed by atoms with E-state index < -0.39 is 5.97 Å². The van der Waals surface area contributed by atoms with Gasteiger partial charge in [-0.25, -0.2) is 0 Å². The third kappa shape index (κ3) is 3.99. The molecule has 0 radical (unpaired) electrons. The number of carbonyl (C=O) groups is 2. The molecule has 0 unspecified atom stereocenters. The number of aryl methyl sites for hydroxylation is 1. The molecule has 1 aliphatic rings. The predicted molar refractivity (Wildman–Crippen MR) is 76.7 cm³/mol. The number of hydrogen-bond donors (Lipinski definition) is 2. The maximum absolute atomic E-state index is 11.8. The van der Waals surface area contributed by atoms with Crippen molar-refractivity contribution in [3.05, 3.63) is 29.3 Å². The number of rotatable bonds is 5. The van der Waals surface area contributed by atoms with Crippen molar-refractivity contribution in [2.45, 2.75) is 25.7 Å². The van der Waals surface area contributed by atoms with Gasteiger partial charge in [-0.15, -0.1) is 11.8 Å². The highest BCUT2D eigenvalue weighted by atomic mass is 32.2. The van der Waals surface area contributed by atoms with Gasteiger partial charge in [0.2, 0.25) is 5.91 Å². The molecule has 0 saturated heterocycles. The highest BCUT2D eigenvalue weighted by Gasteiger charge is 2.14. The molecule has 2 N–H and O–H groups in total. The molecule has 102 valence electrons. The zero-order chi connectivity index (χ0) is 13.7. The van der Waals surface area contributed by atoms with Gasteiger partial charge in [-0.1, -0.05) is 12.1 Å². The fraction of sp³-hybridized carbons (Fsp3) is 0.429. The van der Waals surface area contributed by atoms with E-state index in [-0.39, 0.29) is 17.4 Å². The van der Waals surface area contributed by atoms with Gasteiger partial charge >= 0.3 is 5.97 Å². The van der Waals surface area contributed by atoms with E-state index in [9.17, 15) is 9.59 Å². The Morgan fingerprint density at radius 1 is 1.21 bits per heavy atom. The zero-order valence-electron chi connectivity index (χ0n) is 10.6. The first-order valence-corrected chi connectivity index (χ1v) is 7.52. The van der Waals surface area contributed by atoms with Crippen molar-refractivity contribution in [3.8, 4) is 0 Å². The number of thioether (sulfide) groups is 1. The molecular weight excluding hydrogens is 262 g/mol. The van der Waals surface area contributed by atoms with Crippen molar-refractivity contribution in [2.24, 2.45) is 0 Å². The maximum atomic E-state index is 11.8. The number of fused-ring (bicyclic) bond motifs is 1. The van der Waals surface area contributed by atoms with Crippen molar-refractivity contribution in [3.63, 3.8) is 0 Å². The molecule has 19 heavy (non-hydrogen) atoms. The second-order valence-corrected chi connectivity index (χ2v) is 5.57. The van der Waals surface area contributed by atoms with Crippen molar-refractivity contribution >= 4 is 29.3 Å². The summed E-state index contributed by atoms with van der Waals surface area (Å²) in [6, 6.07) is 6.00. The topological polar surface area (TPSA) is 66.4 Å². The number of hydrogen-bond acceptors (Lipinski definition) is 3. The largest absolute Gasteiger partial charge is 0.481 e. The van der Waals surface area contributed by atoms with Crippen LogP contribution in [0.25, 0.3) is 0 Å². The van der Waals surface area contributed by atoms with Gasteiger partial charge in [0.05, 0.1) is 11.5 Å². The standard InChI is InChI=1S/C14H17NO3S/c16-13(8-19-9-14(17)18)15-12-7-3-5-10-4-1-2-6-11(10)12/h3,5,7H,1-2,4,6,8-9H2,(H,15,16)(H,17,18). The van der Waals surface area contributed by atoms with E-state index in [2.05, 4.69) is 11.4 Å². The summed E-state index contributed by atoms with van der Waals surface area (Å²) < 4.78 is 0. The van der Waals surface area contributed by atoms with Crippen molar-refractivity contribution in [1.82, 2.24) is 0 Å². The average Bonchev–Trinajstić information content (AvgIpc) is 2.39. The zero-order valence-corrected chi connectivity index (χ0v) is 11.5. The van der Waals surface area contributed by atoms with Crippen LogP contribution < -0.4 is 5.32 Å². The van der Waals surface area contributed by atoms with E-state index in [1.165, 1.54) is 17.5 Å². The minimum Gasteiger partial charge on any atom is -0.481 e. The molecule has 0 fully saturated rings. The number of carbonyl (C=O) groups excluding carboxylic acids is 1. The van der Waals surface area contributed by atoms with E-state index in [0.717, 1.165) is 36.7 Å². The lowest BCUT2D eigenvalue weighted by Crippen LogP contribution is -2.18. The molecule has 0 spiro atoms. The Balaban J connectivity index is 1.95. The first-order chi connectivity index (χ1) is 9.16. The molecule has 0 saturated carbocycles. The van der Waals surface area contributed by atoms with Crippen molar-refractivity contribution in [2.75, 3.05) is 16.8 Å². The van der Waals surface area contributed by atoms with E-state index >= 15 is 0 Å². The molecule has 0 heterocycles. The fourth-order valence-corrected chi connectivity index (χ4v) is 2.85. The summed E-state index contributed by atoms with van der Waals surface area (Å²) in [7, 11) is 0. The summed E-state index contributed by atoms with van der Waals surface area (Å²) in [5, 5.41) is 11.4. The number of carboxylic acids is 1. The Bertz CT molecular complexity index is 488. The van der Waals surface area contributed by atoms with E-state index in [0.29, 0.717) is 0 Å². The molecule has 4 nitrogen and oxygen atoms in total. The minimum absolute atomic E-state index is 0.0414. The van der Waals surface area contributed by atoms with Crippen LogP contribution in [0.3, 0.4) is 0 Å². The fourth-order valence-electron chi connectivity index (χ4n) is 2.32. The third-order valence-electron chi connectivity index (χ3n) is 3.13. The van der Waals surface area contributed by atoms with Gasteiger partial charge in [-0.3, -0.25) is 9.59 Å². The first kappa shape index (κ1) is 13.9. The quantitative estimate of drug-likeness (QED) is 0.868. The number of benzene rings is 1. The van der Waals surface area contributed by atoms with Gasteiger partial charge in [-0.05, 0) is 42.9 Å². The Hall–Kier alpha value is -1.49. The van der Waals surface area contributed by atoms with Crippen LogP contribution >= 0.6 is 11.8 Å². The molecule has 0 atom stereocenters. The van der Waals surface area contributed by atoms with Gasteiger partial charge in [0.1, 0.15) is 0 Å². The molecule has 1 aliphatic carbocycles. The predicted octanol–water partition coefficient (Wildman–Crippen LogP) is 2.32. The second kappa shape index (κ2) is 6.61. The van der Waals surface area contributed by atoms with Crippen LogP contribution in [-0.2, 0) is 22.4 Å². The van der Waals surface area contributed by atoms with Crippen molar-refractivity contribution in [1.29, 1.82) is 0 Å². The molecule has 1 aromatic carbocycles. The SMILES string of the molecule is O=C(O)CSCC(=O)Nc1cccc2c1CCCC2. The Morgan fingerprint density at radius 3 is 2.79 bits per heavy atom. The number of anilines is 1. The number of amides is 1. The van der Waals surface area contributed by atoms with Crippen LogP contribution in [0.15, 0.2) is 18.2 Å². The highest BCUT2D eigenvalue weighted by Crippen LogP contribution is 2.27. The molecule has 1 amide bonds. The van der Waals surface area contributed by atoms with Gasteiger partial charge < -0.3 is 10.4 Å². The molecule has 0 aromatic heterocycles. The van der Waals surface area contributed by atoms with Gasteiger partial charge in [-0.2, -0.15) is 0 Å². The van der Waals surface area contributed by atoms with E-state index in [4.69, 9.17) is 5.11 Å². The lowest BCUT2D eigenvalue weighted by molar-refractivity contribution is -0.133. The molecular formula is C14H17NO3S. The van der Waals surface area contributed by atoms with Crippen LogP contribution in [0.2, 0.25) is 0 Å². The minimum atomic E-state index is -0.894. The second-order valence-electron chi connectivity index (χ2n) is 4.59. The van der Waals surface area contributed by atoms with Crippen LogP contribution in [0.4, 0.5) is 5.69 Å². The van der Waals surface area contributed by atoms with E-state index in [1.807, 2.05) is 12.1 Å². The number of nitrogens with one attached hydrogen (secondary N) is 1. The van der Waals surface area contributed by atoms with Crippen LogP contribution in [0.1, 0.15) is 24.0 Å². The van der Waals surface area contributed by atoms with Gasteiger partial charge in [0.15, 0.2) is 0 Å². The smallest absolute Gasteiger partial charge is 0.313 e. The summed E-state index contributed by atoms with van der Waals surface area (Å²) in [6.07, 6.45) is 4.45. The highest BCUT2D eigenvalue weighted by molar-refractivity contribution is 8.00. The summed E-state index contributed by atoms with van der Waals surface area (Å²) >= 11 is 1.11. The summed E-state index contributed by atoms with van der Waals surface area (Å²) in [6.45, 7) is 0. The lowest BCUT2D eigenvalue weighted by atomic mass is 9.90.